The van der Waals surface area contributed by atoms with Gasteiger partial charge in [0.25, 0.3) is 0 Å². The van der Waals surface area contributed by atoms with E-state index in [0.29, 0.717) is 0 Å². The molecule has 0 unspecified atom stereocenters. The molecule has 0 radical (unpaired) electrons. The molecular formula is C17H14O6. The Bertz CT molecular complexity index is 771. The first-order valence-electron chi connectivity index (χ1n) is 7.08. The van der Waals surface area contributed by atoms with E-state index in [2.05, 4.69) is 0 Å². The van der Waals surface area contributed by atoms with Gasteiger partial charge >= 0.3 is 11.9 Å². The first-order valence-corrected chi connectivity index (χ1v) is 7.08. The van der Waals surface area contributed by atoms with Gasteiger partial charge in [0.1, 0.15) is 12.2 Å². The molecule has 0 spiro atoms. The van der Waals surface area contributed by atoms with Gasteiger partial charge in [0.2, 0.25) is 11.9 Å². The Morgan fingerprint density at radius 1 is 1.17 bits per heavy atom. The maximum Gasteiger partial charge on any atom is 0.348 e. The zero-order chi connectivity index (χ0) is 16.8. The van der Waals surface area contributed by atoms with Gasteiger partial charge in [0.15, 0.2) is 5.78 Å². The van der Waals surface area contributed by atoms with Crippen molar-refractivity contribution in [3.63, 3.8) is 0 Å². The largest absolute Gasteiger partial charge is 0.462 e. The standard InChI is InChI=1S/C17H14O6/c1-17(2)8-22-16(21)14(17)23-15(20)11-7-12(18)9-5-3-4-6-10(9)13(11)19/h3-7,14H,8H2,1-2H3/t14-/m0/s1. The number of carbonyl (C=O) groups is 4. The molecular weight excluding hydrogens is 300 g/mol. The normalized spacial score (nSPS) is 22.3. The second-order valence-corrected chi connectivity index (χ2v) is 6.18. The van der Waals surface area contributed by atoms with Gasteiger partial charge in [0, 0.05) is 22.6 Å². The summed E-state index contributed by atoms with van der Waals surface area (Å²) in [5.74, 6) is -2.68. The summed E-state index contributed by atoms with van der Waals surface area (Å²) in [7, 11) is 0. The average molecular weight is 314 g/mol. The van der Waals surface area contributed by atoms with E-state index in [1.807, 2.05) is 0 Å². The smallest absolute Gasteiger partial charge is 0.348 e. The van der Waals surface area contributed by atoms with Gasteiger partial charge in [-0.2, -0.15) is 0 Å². The second kappa shape index (κ2) is 5.15. The third kappa shape index (κ3) is 2.46. The quantitative estimate of drug-likeness (QED) is 0.607. The van der Waals surface area contributed by atoms with E-state index in [0.717, 1.165) is 6.08 Å². The predicted octanol–water partition coefficient (Wildman–Crippen LogP) is 1.49. The lowest BCUT2D eigenvalue weighted by Crippen LogP contribution is -2.36. The fraction of sp³-hybridized carbons (Fsp3) is 0.294. The molecule has 23 heavy (non-hydrogen) atoms. The lowest BCUT2D eigenvalue weighted by atomic mass is 9.88. The molecule has 0 amide bonds. The zero-order valence-corrected chi connectivity index (χ0v) is 12.6. The van der Waals surface area contributed by atoms with E-state index in [9.17, 15) is 19.2 Å². The number of benzene rings is 1. The summed E-state index contributed by atoms with van der Waals surface area (Å²) in [4.78, 5) is 48.4. The minimum Gasteiger partial charge on any atom is -0.462 e. The highest BCUT2D eigenvalue weighted by atomic mass is 16.6. The van der Waals surface area contributed by atoms with Crippen molar-refractivity contribution in [1.29, 1.82) is 0 Å². The van der Waals surface area contributed by atoms with Crippen molar-refractivity contribution in [2.24, 2.45) is 5.41 Å². The summed E-state index contributed by atoms with van der Waals surface area (Å²) < 4.78 is 10.0. The molecule has 6 heteroatoms. The number of hydrogen-bond acceptors (Lipinski definition) is 6. The van der Waals surface area contributed by atoms with E-state index < -0.39 is 35.0 Å². The molecule has 1 aromatic carbocycles. The van der Waals surface area contributed by atoms with Crippen molar-refractivity contribution >= 4 is 23.5 Å². The van der Waals surface area contributed by atoms with Crippen LogP contribution in [0.15, 0.2) is 35.9 Å². The third-order valence-electron chi connectivity index (χ3n) is 3.91. The number of rotatable bonds is 2. The molecule has 1 aliphatic carbocycles. The number of hydrogen-bond donors (Lipinski definition) is 0. The van der Waals surface area contributed by atoms with Crippen LogP contribution in [0.4, 0.5) is 0 Å². The van der Waals surface area contributed by atoms with Crippen LogP contribution in [0.1, 0.15) is 34.6 Å². The number of esters is 2. The van der Waals surface area contributed by atoms with Crippen LogP contribution in [0.2, 0.25) is 0 Å². The lowest BCUT2D eigenvalue weighted by Gasteiger charge is -2.22. The number of cyclic esters (lactones) is 1. The highest BCUT2D eigenvalue weighted by molar-refractivity contribution is 6.33. The maximum absolute atomic E-state index is 12.4. The fourth-order valence-electron chi connectivity index (χ4n) is 2.57. The van der Waals surface area contributed by atoms with Gasteiger partial charge in [-0.15, -0.1) is 0 Å². The van der Waals surface area contributed by atoms with Crippen molar-refractivity contribution in [3.8, 4) is 0 Å². The van der Waals surface area contributed by atoms with E-state index in [1.54, 1.807) is 26.0 Å². The van der Waals surface area contributed by atoms with Crippen molar-refractivity contribution in [2.75, 3.05) is 6.61 Å². The first kappa shape index (κ1) is 15.1. The molecule has 118 valence electrons. The Morgan fingerprint density at radius 2 is 1.83 bits per heavy atom. The van der Waals surface area contributed by atoms with Crippen LogP contribution in [0.25, 0.3) is 0 Å². The summed E-state index contributed by atoms with van der Waals surface area (Å²) in [5, 5.41) is 0. The molecule has 0 bridgehead atoms. The summed E-state index contributed by atoms with van der Waals surface area (Å²) in [5.41, 5.74) is -0.661. The van der Waals surface area contributed by atoms with Crippen molar-refractivity contribution in [3.05, 3.63) is 47.0 Å². The number of allylic oxidation sites excluding steroid dienone is 1. The molecule has 0 N–H and O–H groups in total. The topological polar surface area (TPSA) is 86.7 Å². The molecule has 1 heterocycles. The Balaban J connectivity index is 1.88. The second-order valence-electron chi connectivity index (χ2n) is 6.18. The Hall–Kier alpha value is -2.76. The van der Waals surface area contributed by atoms with Crippen LogP contribution in [0, 0.1) is 5.41 Å². The number of ketones is 2. The van der Waals surface area contributed by atoms with E-state index >= 15 is 0 Å². The molecule has 2 aliphatic rings. The van der Waals surface area contributed by atoms with E-state index in [-0.39, 0.29) is 23.3 Å². The Morgan fingerprint density at radius 3 is 2.43 bits per heavy atom. The van der Waals surface area contributed by atoms with Gasteiger partial charge < -0.3 is 9.47 Å². The zero-order valence-electron chi connectivity index (χ0n) is 12.6. The summed E-state index contributed by atoms with van der Waals surface area (Å²) >= 11 is 0. The summed E-state index contributed by atoms with van der Waals surface area (Å²) in [6.07, 6.45) is -0.142. The minimum atomic E-state index is -1.10. The molecule has 0 aromatic heterocycles. The molecule has 6 nitrogen and oxygen atoms in total. The molecule has 1 aliphatic heterocycles. The summed E-state index contributed by atoms with van der Waals surface area (Å²) in [6, 6.07) is 6.24. The van der Waals surface area contributed by atoms with Gasteiger partial charge in [0.05, 0.1) is 0 Å². The van der Waals surface area contributed by atoms with Crippen molar-refractivity contribution < 1.29 is 28.7 Å². The SMILES string of the molecule is CC1(C)COC(=O)[C@@H]1OC(=O)C1=CC(=O)c2ccccc2C1=O. The van der Waals surface area contributed by atoms with Gasteiger partial charge in [-0.05, 0) is 0 Å². The first-order chi connectivity index (χ1) is 10.8. The van der Waals surface area contributed by atoms with Crippen LogP contribution in [0.3, 0.4) is 0 Å². The Kier molecular flexibility index (Phi) is 3.39. The van der Waals surface area contributed by atoms with Gasteiger partial charge in [-0.3, -0.25) is 9.59 Å². The summed E-state index contributed by atoms with van der Waals surface area (Å²) in [6.45, 7) is 3.55. The van der Waals surface area contributed by atoms with Crippen LogP contribution in [-0.2, 0) is 19.1 Å². The molecule has 1 saturated heterocycles. The number of Topliss-reactive ketones (excluding diaryl/α,β-unsaturated/α-hetero) is 1. The molecule has 0 saturated carbocycles. The van der Waals surface area contributed by atoms with Gasteiger partial charge in [-0.25, -0.2) is 9.59 Å². The average Bonchev–Trinajstić information content (AvgIpc) is 2.77. The number of fused-ring (bicyclic) bond motifs is 1. The lowest BCUT2D eigenvalue weighted by molar-refractivity contribution is -0.159. The van der Waals surface area contributed by atoms with E-state index in [4.69, 9.17) is 9.47 Å². The molecule has 1 fully saturated rings. The van der Waals surface area contributed by atoms with Crippen LogP contribution in [0.5, 0.6) is 0 Å². The minimum absolute atomic E-state index is 0.124. The Labute approximate surface area is 132 Å². The van der Waals surface area contributed by atoms with Gasteiger partial charge in [-0.1, -0.05) is 38.1 Å². The predicted molar refractivity (Wildman–Crippen MR) is 77.8 cm³/mol. The highest BCUT2D eigenvalue weighted by Crippen LogP contribution is 2.32. The molecule has 1 atom stereocenters. The van der Waals surface area contributed by atoms with Crippen molar-refractivity contribution in [1.82, 2.24) is 0 Å². The molecule has 1 aromatic rings. The number of ether oxygens (including phenoxy) is 2. The third-order valence-corrected chi connectivity index (χ3v) is 3.91. The fourth-order valence-corrected chi connectivity index (χ4v) is 2.57. The molecule has 3 rings (SSSR count). The van der Waals surface area contributed by atoms with Crippen LogP contribution in [-0.4, -0.2) is 36.2 Å². The monoisotopic (exact) mass is 314 g/mol. The maximum atomic E-state index is 12.4. The van der Waals surface area contributed by atoms with E-state index in [1.165, 1.54) is 12.1 Å². The van der Waals surface area contributed by atoms with Crippen LogP contribution < -0.4 is 0 Å². The number of carbonyl (C=O) groups excluding carboxylic acids is 4. The van der Waals surface area contributed by atoms with Crippen molar-refractivity contribution in [2.45, 2.75) is 20.0 Å². The van der Waals surface area contributed by atoms with Crippen LogP contribution >= 0.6 is 0 Å². The highest BCUT2D eigenvalue weighted by Gasteiger charge is 2.47.